The smallest absolute Gasteiger partial charge is 0.398 e. The summed E-state index contributed by atoms with van der Waals surface area (Å²) in [4.78, 5) is 0. The number of methoxy groups -OCH3 is 1. The Morgan fingerprint density at radius 1 is 1.25 bits per heavy atom. The molecule has 1 aromatic rings. The summed E-state index contributed by atoms with van der Waals surface area (Å²) in [6, 6.07) is 4.25. The van der Waals surface area contributed by atoms with Gasteiger partial charge >= 0.3 is 7.12 Å². The van der Waals surface area contributed by atoms with E-state index in [1.54, 1.807) is 0 Å². The Hall–Kier alpha value is -1.68. The lowest BCUT2D eigenvalue weighted by molar-refractivity contribution is 0.00578. The molecule has 2 rings (SSSR count). The van der Waals surface area contributed by atoms with Crippen LogP contribution in [-0.2, 0) is 14.0 Å². The van der Waals surface area contributed by atoms with Crippen molar-refractivity contribution >= 4 is 13.2 Å². The molecule has 0 bridgehead atoms. The maximum Gasteiger partial charge on any atom is 0.525 e. The topological polar surface area (TPSA) is 27.7 Å². The van der Waals surface area contributed by atoms with Crippen molar-refractivity contribution in [1.29, 1.82) is 0 Å². The second kappa shape index (κ2) is 7.06. The highest BCUT2D eigenvalue weighted by Gasteiger charge is 2.53. The molecule has 3 nitrogen and oxygen atoms in total. The molecule has 6 heteroatoms. The van der Waals surface area contributed by atoms with Crippen LogP contribution in [-0.4, -0.2) is 32.0 Å². The fourth-order valence-electron chi connectivity index (χ4n) is 2.11. The van der Waals surface area contributed by atoms with E-state index >= 15 is 0 Å². The van der Waals surface area contributed by atoms with Crippen LogP contribution in [0.1, 0.15) is 38.8 Å². The van der Waals surface area contributed by atoms with Gasteiger partial charge in [0.15, 0.2) is 0 Å². The van der Waals surface area contributed by atoms with E-state index in [4.69, 9.17) is 14.0 Å². The van der Waals surface area contributed by atoms with Crippen LogP contribution in [0.4, 0.5) is 8.78 Å². The number of hydrogen-bond acceptors (Lipinski definition) is 3. The maximum atomic E-state index is 14.5. The molecule has 1 saturated heterocycles. The van der Waals surface area contributed by atoms with E-state index in [0.717, 1.165) is 6.08 Å². The molecular formula is C18H21BF2O3. The summed E-state index contributed by atoms with van der Waals surface area (Å²) < 4.78 is 44.5. The fourth-order valence-corrected chi connectivity index (χ4v) is 2.11. The molecule has 0 radical (unpaired) electrons. The molecule has 128 valence electrons. The summed E-state index contributed by atoms with van der Waals surface area (Å²) in [5.74, 6) is 5.05. The van der Waals surface area contributed by atoms with Gasteiger partial charge in [0.2, 0.25) is 0 Å². The quantitative estimate of drug-likeness (QED) is 0.622. The van der Waals surface area contributed by atoms with Gasteiger partial charge in [-0.05, 0) is 52.0 Å². The van der Waals surface area contributed by atoms with Crippen molar-refractivity contribution in [2.45, 2.75) is 38.9 Å². The van der Waals surface area contributed by atoms with Crippen LogP contribution in [0.15, 0.2) is 23.9 Å². The first-order valence-electron chi connectivity index (χ1n) is 7.66. The lowest BCUT2D eigenvalue weighted by Gasteiger charge is -2.32. The molecule has 1 aliphatic heterocycles. The first-order chi connectivity index (χ1) is 11.2. The number of rotatable bonds is 3. The van der Waals surface area contributed by atoms with Crippen molar-refractivity contribution in [1.82, 2.24) is 0 Å². The van der Waals surface area contributed by atoms with E-state index < -0.39 is 29.9 Å². The zero-order valence-corrected chi connectivity index (χ0v) is 14.6. The molecule has 0 N–H and O–H groups in total. The lowest BCUT2D eigenvalue weighted by Crippen LogP contribution is -2.41. The summed E-state index contributed by atoms with van der Waals surface area (Å²) in [6.45, 7) is 7.57. The first-order valence-corrected chi connectivity index (χ1v) is 7.66. The van der Waals surface area contributed by atoms with Crippen molar-refractivity contribution in [3.8, 4) is 11.8 Å². The van der Waals surface area contributed by atoms with Crippen LogP contribution in [0.5, 0.6) is 0 Å². The van der Waals surface area contributed by atoms with Gasteiger partial charge in [0.05, 0.1) is 11.2 Å². The third kappa shape index (κ3) is 4.04. The summed E-state index contributed by atoms with van der Waals surface area (Å²) in [7, 11) is 0.380. The second-order valence-corrected chi connectivity index (χ2v) is 6.59. The van der Waals surface area contributed by atoms with E-state index in [9.17, 15) is 8.78 Å². The summed E-state index contributed by atoms with van der Waals surface area (Å²) in [5.41, 5.74) is -1.34. The van der Waals surface area contributed by atoms with E-state index in [0.29, 0.717) is 5.56 Å². The number of halogens is 2. The zero-order chi connectivity index (χ0) is 18.0. The molecular weight excluding hydrogens is 313 g/mol. The van der Waals surface area contributed by atoms with Crippen molar-refractivity contribution in [2.75, 3.05) is 13.7 Å². The third-order valence-electron chi connectivity index (χ3n) is 4.22. The van der Waals surface area contributed by atoms with Crippen molar-refractivity contribution < 1.29 is 22.8 Å². The molecule has 24 heavy (non-hydrogen) atoms. The SMILES string of the molecule is COCC#Cc1ccc(F)c(C=C(F)B2OC(C)(C)C(C)(C)O2)c1. The van der Waals surface area contributed by atoms with Crippen molar-refractivity contribution in [3.05, 3.63) is 40.9 Å². The predicted molar refractivity (Wildman–Crippen MR) is 90.3 cm³/mol. The molecule has 0 atom stereocenters. The summed E-state index contributed by atoms with van der Waals surface area (Å²) >= 11 is 0. The molecule has 0 aromatic heterocycles. The zero-order valence-electron chi connectivity index (χ0n) is 14.6. The number of ether oxygens (including phenoxy) is 1. The average Bonchev–Trinajstić information content (AvgIpc) is 2.71. The highest BCUT2D eigenvalue weighted by atomic mass is 19.1. The second-order valence-electron chi connectivity index (χ2n) is 6.59. The molecule has 1 fully saturated rings. The standard InChI is InChI=1S/C18H21BF2O3/c1-17(2)18(3,4)24-19(23-17)16(21)12-14-11-13(7-6-10-22-5)8-9-15(14)20/h8-9,11-12H,10H2,1-5H3. The van der Waals surface area contributed by atoms with E-state index in [-0.39, 0.29) is 12.2 Å². The van der Waals surface area contributed by atoms with Gasteiger partial charge in [-0.3, -0.25) is 0 Å². The molecule has 1 aliphatic rings. The van der Waals surface area contributed by atoms with Gasteiger partial charge in [0.25, 0.3) is 0 Å². The molecule has 0 unspecified atom stereocenters. The van der Waals surface area contributed by atoms with E-state index in [1.807, 2.05) is 27.7 Å². The van der Waals surface area contributed by atoms with Crippen molar-refractivity contribution in [2.24, 2.45) is 0 Å². The molecule has 0 amide bonds. The maximum absolute atomic E-state index is 14.5. The normalized spacial score (nSPS) is 19.1. The fraction of sp³-hybridized carbons (Fsp3) is 0.444. The van der Waals surface area contributed by atoms with E-state index in [1.165, 1.54) is 25.3 Å². The Kier molecular flexibility index (Phi) is 5.49. The Balaban J connectivity index is 2.25. The minimum Gasteiger partial charge on any atom is -0.398 e. The van der Waals surface area contributed by atoms with Gasteiger partial charge in [-0.25, -0.2) is 8.78 Å². The van der Waals surface area contributed by atoms with Gasteiger partial charge in [0, 0.05) is 18.2 Å². The van der Waals surface area contributed by atoms with Crippen LogP contribution in [0, 0.1) is 17.7 Å². The molecule has 0 saturated carbocycles. The Bertz CT molecular complexity index is 686. The highest BCUT2D eigenvalue weighted by molar-refractivity contribution is 6.54. The van der Waals surface area contributed by atoms with Crippen molar-refractivity contribution in [3.63, 3.8) is 0 Å². The third-order valence-corrected chi connectivity index (χ3v) is 4.22. The minimum atomic E-state index is -1.15. The van der Waals surface area contributed by atoms with Crippen LogP contribution >= 0.6 is 0 Å². The lowest BCUT2D eigenvalue weighted by atomic mass is 9.86. The Morgan fingerprint density at radius 3 is 2.46 bits per heavy atom. The number of benzene rings is 1. The average molecular weight is 334 g/mol. The molecule has 0 spiro atoms. The minimum absolute atomic E-state index is 0.0893. The summed E-state index contributed by atoms with van der Waals surface area (Å²) in [5, 5.41) is 0. The number of hydrogen-bond donors (Lipinski definition) is 0. The molecule has 1 heterocycles. The van der Waals surface area contributed by atoms with Gasteiger partial charge < -0.3 is 14.0 Å². The first kappa shape index (κ1) is 18.7. The highest BCUT2D eigenvalue weighted by Crippen LogP contribution is 2.39. The van der Waals surface area contributed by atoms with Gasteiger partial charge in [-0.1, -0.05) is 11.8 Å². The summed E-state index contributed by atoms with van der Waals surface area (Å²) in [6.07, 6.45) is 1.08. The molecule has 1 aromatic carbocycles. The van der Waals surface area contributed by atoms with Crippen LogP contribution in [0.2, 0.25) is 0 Å². The Labute approximate surface area is 142 Å². The van der Waals surface area contributed by atoms with Crippen LogP contribution in [0.3, 0.4) is 0 Å². The van der Waals surface area contributed by atoms with Gasteiger partial charge in [-0.2, -0.15) is 0 Å². The monoisotopic (exact) mass is 334 g/mol. The van der Waals surface area contributed by atoms with E-state index in [2.05, 4.69) is 11.8 Å². The molecule has 0 aliphatic carbocycles. The largest absolute Gasteiger partial charge is 0.525 e. The van der Waals surface area contributed by atoms with Gasteiger partial charge in [0.1, 0.15) is 18.2 Å². The van der Waals surface area contributed by atoms with Crippen LogP contribution < -0.4 is 0 Å². The van der Waals surface area contributed by atoms with Gasteiger partial charge in [-0.15, -0.1) is 0 Å². The van der Waals surface area contributed by atoms with Crippen LogP contribution in [0.25, 0.3) is 6.08 Å². The predicted octanol–water partition coefficient (Wildman–Crippen LogP) is 3.77. The Morgan fingerprint density at radius 2 is 1.88 bits per heavy atom.